The highest BCUT2D eigenvalue weighted by molar-refractivity contribution is 9.10. The summed E-state index contributed by atoms with van der Waals surface area (Å²) in [6.07, 6.45) is 0. The highest BCUT2D eigenvalue weighted by Crippen LogP contribution is 2.30. The predicted molar refractivity (Wildman–Crippen MR) is 71.6 cm³/mol. The molecule has 0 heterocycles. The van der Waals surface area contributed by atoms with E-state index in [1.54, 1.807) is 18.2 Å². The largest absolute Gasteiger partial charge is 0.456 e. The summed E-state index contributed by atoms with van der Waals surface area (Å²) in [4.78, 5) is 0. The van der Waals surface area contributed by atoms with Gasteiger partial charge in [0.2, 0.25) is 0 Å². The summed E-state index contributed by atoms with van der Waals surface area (Å²) in [5.41, 5.74) is 5.82. The fourth-order valence-electron chi connectivity index (χ4n) is 1.52. The minimum absolute atomic E-state index is 0.125. The molecule has 0 aliphatic heterocycles. The van der Waals surface area contributed by atoms with Crippen molar-refractivity contribution in [3.8, 4) is 11.5 Å². The molecule has 2 aromatic carbocycles. The van der Waals surface area contributed by atoms with E-state index >= 15 is 0 Å². The minimum atomic E-state index is -1.00. The van der Waals surface area contributed by atoms with Gasteiger partial charge in [-0.3, -0.25) is 5.41 Å². The van der Waals surface area contributed by atoms with Crippen LogP contribution in [0.4, 0.5) is 8.78 Å². The summed E-state index contributed by atoms with van der Waals surface area (Å²) in [7, 11) is 0. The molecule has 3 nitrogen and oxygen atoms in total. The first-order valence-electron chi connectivity index (χ1n) is 5.25. The maximum atomic E-state index is 13.1. The third-order valence-electron chi connectivity index (χ3n) is 2.36. The van der Waals surface area contributed by atoms with Gasteiger partial charge in [0.25, 0.3) is 0 Å². The van der Waals surface area contributed by atoms with Gasteiger partial charge in [0, 0.05) is 10.5 Å². The maximum Gasteiger partial charge on any atom is 0.162 e. The first-order valence-corrected chi connectivity index (χ1v) is 6.04. The summed E-state index contributed by atoms with van der Waals surface area (Å²) in [5.74, 6) is -1.73. The summed E-state index contributed by atoms with van der Waals surface area (Å²) in [6, 6.07) is 8.17. The lowest BCUT2D eigenvalue weighted by atomic mass is 10.2. The molecular weight excluding hydrogens is 318 g/mol. The fraction of sp³-hybridized carbons (Fsp3) is 0. The Morgan fingerprint density at radius 3 is 2.53 bits per heavy atom. The molecule has 0 fully saturated rings. The van der Waals surface area contributed by atoms with E-state index in [2.05, 4.69) is 15.9 Å². The third kappa shape index (κ3) is 2.90. The second kappa shape index (κ2) is 5.36. The molecule has 0 aromatic heterocycles. The van der Waals surface area contributed by atoms with Gasteiger partial charge in [0.05, 0.1) is 5.56 Å². The number of ether oxygens (including phenoxy) is 1. The summed E-state index contributed by atoms with van der Waals surface area (Å²) >= 11 is 3.25. The molecule has 0 atom stereocenters. The number of benzene rings is 2. The standard InChI is InChI=1S/C13H9BrF2N2O/c14-8-2-1-3-11(12(8)13(17)18)19-7-4-5-9(15)10(16)6-7/h1-6H,(H3,17,18). The van der Waals surface area contributed by atoms with Crippen molar-refractivity contribution < 1.29 is 13.5 Å². The highest BCUT2D eigenvalue weighted by Gasteiger charge is 2.12. The third-order valence-corrected chi connectivity index (χ3v) is 3.02. The molecule has 0 saturated heterocycles. The minimum Gasteiger partial charge on any atom is -0.456 e. The highest BCUT2D eigenvalue weighted by atomic mass is 79.9. The van der Waals surface area contributed by atoms with Crippen molar-refractivity contribution in [2.45, 2.75) is 0 Å². The SMILES string of the molecule is N=C(N)c1c(Br)cccc1Oc1ccc(F)c(F)c1. The Morgan fingerprint density at radius 2 is 1.89 bits per heavy atom. The molecule has 0 spiro atoms. The van der Waals surface area contributed by atoms with Crippen molar-refractivity contribution >= 4 is 21.8 Å². The summed E-state index contributed by atoms with van der Waals surface area (Å²) < 4.78 is 31.9. The summed E-state index contributed by atoms with van der Waals surface area (Å²) in [5, 5.41) is 7.49. The molecule has 3 N–H and O–H groups in total. The monoisotopic (exact) mass is 326 g/mol. The lowest BCUT2D eigenvalue weighted by Gasteiger charge is -2.11. The van der Waals surface area contributed by atoms with Crippen LogP contribution in [-0.4, -0.2) is 5.84 Å². The maximum absolute atomic E-state index is 13.1. The average Bonchev–Trinajstić information content (AvgIpc) is 2.33. The van der Waals surface area contributed by atoms with Crippen molar-refractivity contribution in [1.29, 1.82) is 5.41 Å². The van der Waals surface area contributed by atoms with Crippen LogP contribution in [0.1, 0.15) is 5.56 Å². The van der Waals surface area contributed by atoms with Crippen LogP contribution in [0.5, 0.6) is 11.5 Å². The van der Waals surface area contributed by atoms with Gasteiger partial charge in [-0.15, -0.1) is 0 Å². The Balaban J connectivity index is 2.40. The Morgan fingerprint density at radius 1 is 1.16 bits per heavy atom. The van der Waals surface area contributed by atoms with E-state index in [1.807, 2.05) is 0 Å². The molecule has 0 unspecified atom stereocenters. The Hall–Kier alpha value is -1.95. The van der Waals surface area contributed by atoms with Gasteiger partial charge < -0.3 is 10.5 Å². The second-order valence-electron chi connectivity index (χ2n) is 3.70. The first-order chi connectivity index (χ1) is 8.99. The van der Waals surface area contributed by atoms with Crippen molar-refractivity contribution in [2.75, 3.05) is 0 Å². The van der Waals surface area contributed by atoms with Gasteiger partial charge in [-0.25, -0.2) is 8.78 Å². The molecule has 19 heavy (non-hydrogen) atoms. The number of hydrogen-bond acceptors (Lipinski definition) is 2. The van der Waals surface area contributed by atoms with Gasteiger partial charge in [0.1, 0.15) is 17.3 Å². The van der Waals surface area contributed by atoms with Crippen LogP contribution in [0.15, 0.2) is 40.9 Å². The van der Waals surface area contributed by atoms with Gasteiger partial charge in [-0.2, -0.15) is 0 Å². The van der Waals surface area contributed by atoms with Crippen LogP contribution in [-0.2, 0) is 0 Å². The number of hydrogen-bond donors (Lipinski definition) is 2. The van der Waals surface area contributed by atoms with Crippen LogP contribution in [0.25, 0.3) is 0 Å². The average molecular weight is 327 g/mol. The van der Waals surface area contributed by atoms with E-state index in [4.69, 9.17) is 15.9 Å². The molecule has 2 rings (SSSR count). The van der Waals surface area contributed by atoms with Gasteiger partial charge in [-0.1, -0.05) is 6.07 Å². The molecule has 0 bridgehead atoms. The molecule has 0 radical (unpaired) electrons. The zero-order valence-corrected chi connectivity index (χ0v) is 11.2. The first kappa shape index (κ1) is 13.5. The van der Waals surface area contributed by atoms with E-state index in [-0.39, 0.29) is 17.3 Å². The van der Waals surface area contributed by atoms with E-state index in [0.29, 0.717) is 10.0 Å². The normalized spacial score (nSPS) is 10.3. The summed E-state index contributed by atoms with van der Waals surface area (Å²) in [6.45, 7) is 0. The molecule has 0 aliphatic carbocycles. The van der Waals surface area contributed by atoms with Crippen LogP contribution >= 0.6 is 15.9 Å². The molecule has 98 valence electrons. The van der Waals surface area contributed by atoms with Crippen LogP contribution in [0.2, 0.25) is 0 Å². The van der Waals surface area contributed by atoms with E-state index < -0.39 is 11.6 Å². The quantitative estimate of drug-likeness (QED) is 0.665. The van der Waals surface area contributed by atoms with Gasteiger partial charge >= 0.3 is 0 Å². The van der Waals surface area contributed by atoms with Gasteiger partial charge in [-0.05, 0) is 40.2 Å². The van der Waals surface area contributed by atoms with Crippen molar-refractivity contribution in [3.05, 3.63) is 58.1 Å². The number of nitrogens with one attached hydrogen (secondary N) is 1. The van der Waals surface area contributed by atoms with Crippen molar-refractivity contribution in [3.63, 3.8) is 0 Å². The van der Waals surface area contributed by atoms with Crippen LogP contribution < -0.4 is 10.5 Å². The lowest BCUT2D eigenvalue weighted by molar-refractivity contribution is 0.460. The fourth-order valence-corrected chi connectivity index (χ4v) is 2.08. The van der Waals surface area contributed by atoms with Crippen LogP contribution in [0.3, 0.4) is 0 Å². The molecule has 2 aromatic rings. The number of rotatable bonds is 3. The Bertz CT molecular complexity index is 647. The zero-order valence-electron chi connectivity index (χ0n) is 9.58. The smallest absolute Gasteiger partial charge is 0.162 e. The predicted octanol–water partition coefficient (Wildman–Crippen LogP) is 3.80. The molecule has 0 amide bonds. The molecule has 6 heteroatoms. The van der Waals surface area contributed by atoms with Gasteiger partial charge in [0.15, 0.2) is 11.6 Å². The van der Waals surface area contributed by atoms with E-state index in [9.17, 15) is 8.78 Å². The lowest BCUT2D eigenvalue weighted by Crippen LogP contribution is -2.13. The second-order valence-corrected chi connectivity index (χ2v) is 4.56. The number of halogens is 3. The van der Waals surface area contributed by atoms with E-state index in [0.717, 1.165) is 12.1 Å². The molecular formula is C13H9BrF2N2O. The van der Waals surface area contributed by atoms with Crippen molar-refractivity contribution in [2.24, 2.45) is 5.73 Å². The Kier molecular flexibility index (Phi) is 3.80. The topological polar surface area (TPSA) is 59.1 Å². The number of nitrogen functional groups attached to an aromatic ring is 1. The Labute approximate surface area is 116 Å². The van der Waals surface area contributed by atoms with Crippen molar-refractivity contribution in [1.82, 2.24) is 0 Å². The van der Waals surface area contributed by atoms with Crippen LogP contribution in [0, 0.1) is 17.0 Å². The molecule has 0 aliphatic rings. The van der Waals surface area contributed by atoms with E-state index in [1.165, 1.54) is 6.07 Å². The molecule has 0 saturated carbocycles. The number of nitrogens with two attached hydrogens (primary N) is 1. The number of amidine groups is 1. The zero-order chi connectivity index (χ0) is 14.0.